The first-order valence-corrected chi connectivity index (χ1v) is 14.2. The van der Waals surface area contributed by atoms with E-state index < -0.39 is 42.3 Å². The summed E-state index contributed by atoms with van der Waals surface area (Å²) >= 11 is 0. The molecule has 1 atom stereocenters. The molecule has 1 aliphatic rings. The van der Waals surface area contributed by atoms with Crippen molar-refractivity contribution in [1.29, 1.82) is 0 Å². The third kappa shape index (κ3) is 6.52. The molecule has 11 heteroatoms. The maximum atomic E-state index is 14.3. The second kappa shape index (κ2) is 13.1. The Hall–Kier alpha value is -5.97. The molecule has 5 amide bonds. The van der Waals surface area contributed by atoms with Gasteiger partial charge >= 0.3 is 12.0 Å². The second-order valence-corrected chi connectivity index (χ2v) is 10.5. The Bertz CT molecular complexity index is 1740. The lowest BCUT2D eigenvalue weighted by Crippen LogP contribution is -2.57. The molecule has 11 nitrogen and oxygen atoms in total. The van der Waals surface area contributed by atoms with Gasteiger partial charge in [-0.3, -0.25) is 24.2 Å². The Kier molecular flexibility index (Phi) is 8.89. The smallest absolute Gasteiger partial charge is 0.335 e. The van der Waals surface area contributed by atoms with E-state index in [1.165, 1.54) is 34.1 Å². The van der Waals surface area contributed by atoms with Gasteiger partial charge in [-0.2, -0.15) is 0 Å². The minimum absolute atomic E-state index is 0.0575. The van der Waals surface area contributed by atoms with Crippen molar-refractivity contribution in [1.82, 2.24) is 5.32 Å². The number of nitrogens with one attached hydrogen (secondary N) is 2. The Balaban J connectivity index is 1.54. The van der Waals surface area contributed by atoms with Crippen LogP contribution in [0.5, 0.6) is 0 Å². The molecule has 0 radical (unpaired) electrons. The number of carbonyl (C=O) groups excluding carboxylic acids is 4. The minimum Gasteiger partial charge on any atom is -0.478 e. The van der Waals surface area contributed by atoms with Crippen LogP contribution >= 0.6 is 0 Å². The number of hydrogen-bond donors (Lipinski definition) is 3. The number of hydrogen-bond acceptors (Lipinski definition) is 5. The standard InChI is InChI=1S/C34H31N5O6/c1-22(2)38(25-14-5-3-6-15-25)29(40)21-37-27-18-9-10-19-28(27)39(26-16-7-4-8-17-26)32(42)30(31(37)41)36-34(45)35-24-13-11-12-23(20-24)33(43)44/h3-20,22,30H,21H2,1-2H3,(H,43,44)(H2,35,36,45)/t30-/m0/s1/i34-1. The molecule has 5 rings (SSSR count). The van der Waals surface area contributed by atoms with Crippen LogP contribution < -0.4 is 25.3 Å². The van der Waals surface area contributed by atoms with Crippen molar-refractivity contribution in [3.05, 3.63) is 115 Å². The monoisotopic (exact) mass is 604 g/mol. The van der Waals surface area contributed by atoms with Crippen molar-refractivity contribution in [2.45, 2.75) is 25.9 Å². The molecule has 0 bridgehead atoms. The van der Waals surface area contributed by atoms with E-state index in [2.05, 4.69) is 10.6 Å². The average molecular weight is 605 g/mol. The first-order chi connectivity index (χ1) is 21.7. The molecule has 4 aromatic carbocycles. The van der Waals surface area contributed by atoms with Gasteiger partial charge < -0.3 is 20.6 Å². The Morgan fingerprint density at radius 2 is 1.42 bits per heavy atom. The highest BCUT2D eigenvalue weighted by atomic mass is 16.4. The molecule has 4 aromatic rings. The zero-order valence-electron chi connectivity index (χ0n) is 24.6. The summed E-state index contributed by atoms with van der Waals surface area (Å²) in [5.41, 5.74) is 1.84. The number of carbonyl (C=O) groups is 5. The molecule has 0 unspecified atom stereocenters. The topological polar surface area (TPSA) is 139 Å². The summed E-state index contributed by atoms with van der Waals surface area (Å²) in [5.74, 6) is -3.14. The van der Waals surface area contributed by atoms with E-state index in [0.717, 1.165) is 0 Å². The largest absolute Gasteiger partial charge is 0.478 e. The first kappa shape index (κ1) is 30.5. The van der Waals surface area contributed by atoms with Crippen LogP contribution in [0, 0.1) is 0 Å². The molecule has 1 heterocycles. The molecule has 0 fully saturated rings. The predicted molar refractivity (Wildman–Crippen MR) is 171 cm³/mol. The van der Waals surface area contributed by atoms with E-state index in [0.29, 0.717) is 22.7 Å². The van der Waals surface area contributed by atoms with Crippen LogP contribution in [0.1, 0.15) is 24.2 Å². The zero-order chi connectivity index (χ0) is 32.1. The van der Waals surface area contributed by atoms with Gasteiger partial charge in [-0.05, 0) is 68.4 Å². The fraction of sp³-hybridized carbons (Fsp3) is 0.147. The van der Waals surface area contributed by atoms with Gasteiger partial charge in [-0.15, -0.1) is 0 Å². The lowest BCUT2D eigenvalue weighted by molar-refractivity contribution is -0.129. The number of para-hydroxylation sites is 4. The first-order valence-electron chi connectivity index (χ1n) is 14.2. The molecule has 0 saturated heterocycles. The quantitative estimate of drug-likeness (QED) is 0.241. The van der Waals surface area contributed by atoms with Crippen LogP contribution in [0.2, 0.25) is 0 Å². The Morgan fingerprint density at radius 3 is 2.07 bits per heavy atom. The molecule has 45 heavy (non-hydrogen) atoms. The van der Waals surface area contributed by atoms with Crippen LogP contribution in [0.4, 0.5) is 33.2 Å². The number of aromatic carboxylic acids is 1. The summed E-state index contributed by atoms with van der Waals surface area (Å²) in [4.78, 5) is 71.1. The van der Waals surface area contributed by atoms with Gasteiger partial charge in [0.25, 0.3) is 11.8 Å². The van der Waals surface area contributed by atoms with Gasteiger partial charge in [0.2, 0.25) is 5.91 Å². The summed E-state index contributed by atoms with van der Waals surface area (Å²) in [5, 5.41) is 14.3. The average Bonchev–Trinajstić information content (AvgIpc) is 3.11. The zero-order valence-corrected chi connectivity index (χ0v) is 24.6. The number of carboxylic acid groups (broad SMARTS) is 1. The number of nitrogens with zero attached hydrogens (tertiary/aromatic N) is 3. The Labute approximate surface area is 259 Å². The predicted octanol–water partition coefficient (Wildman–Crippen LogP) is 5.03. The fourth-order valence-corrected chi connectivity index (χ4v) is 5.20. The number of fused-ring (bicyclic) bond motifs is 1. The minimum atomic E-state index is -1.74. The molecule has 3 N–H and O–H groups in total. The molecule has 0 spiro atoms. The SMILES string of the molecule is CC(C)N(C(=O)CN1C(=O)[C@H](N[11C](=O)Nc2cccc(C(=O)O)c2)C(=O)N(c2ccccc2)c2ccccc21)c1ccccc1. The van der Waals surface area contributed by atoms with Gasteiger partial charge in [-0.25, -0.2) is 9.59 Å². The van der Waals surface area contributed by atoms with E-state index in [4.69, 9.17) is 0 Å². The number of anilines is 5. The van der Waals surface area contributed by atoms with Gasteiger partial charge in [0.05, 0.1) is 16.9 Å². The summed E-state index contributed by atoms with van der Waals surface area (Å²) in [6.45, 7) is 3.30. The third-order valence-electron chi connectivity index (χ3n) is 7.16. The number of rotatable bonds is 8. The van der Waals surface area contributed by atoms with Crippen LogP contribution in [-0.4, -0.2) is 53.5 Å². The van der Waals surface area contributed by atoms with Crippen molar-refractivity contribution in [2.24, 2.45) is 0 Å². The number of benzene rings is 4. The van der Waals surface area contributed by atoms with Crippen LogP contribution in [0.3, 0.4) is 0 Å². The van der Waals surface area contributed by atoms with Gasteiger partial charge in [-0.1, -0.05) is 54.6 Å². The van der Waals surface area contributed by atoms with E-state index in [9.17, 15) is 29.1 Å². The van der Waals surface area contributed by atoms with Gasteiger partial charge in [0, 0.05) is 23.1 Å². The van der Waals surface area contributed by atoms with Crippen molar-refractivity contribution in [2.75, 3.05) is 26.6 Å². The summed E-state index contributed by atoms with van der Waals surface area (Å²) in [6.07, 6.45) is 0. The van der Waals surface area contributed by atoms with Crippen molar-refractivity contribution < 1.29 is 29.1 Å². The molecule has 0 saturated carbocycles. The van der Waals surface area contributed by atoms with Crippen molar-refractivity contribution in [3.8, 4) is 0 Å². The summed E-state index contributed by atoms with van der Waals surface area (Å²) in [6, 6.07) is 27.1. The second-order valence-electron chi connectivity index (χ2n) is 10.5. The lowest BCUT2D eigenvalue weighted by atomic mass is 10.1. The highest BCUT2D eigenvalue weighted by Crippen LogP contribution is 2.38. The number of amides is 5. The van der Waals surface area contributed by atoms with Crippen LogP contribution in [0.25, 0.3) is 0 Å². The van der Waals surface area contributed by atoms with Crippen LogP contribution in [-0.2, 0) is 14.4 Å². The Morgan fingerprint density at radius 1 is 0.800 bits per heavy atom. The van der Waals surface area contributed by atoms with E-state index >= 15 is 0 Å². The van der Waals surface area contributed by atoms with Crippen molar-refractivity contribution in [3.63, 3.8) is 0 Å². The van der Waals surface area contributed by atoms with E-state index in [1.807, 2.05) is 32.0 Å². The molecule has 0 aliphatic carbocycles. The van der Waals surface area contributed by atoms with Crippen molar-refractivity contribution >= 4 is 58.2 Å². The van der Waals surface area contributed by atoms with Crippen LogP contribution in [0.15, 0.2) is 109 Å². The van der Waals surface area contributed by atoms with Gasteiger partial charge in [0.1, 0.15) is 6.54 Å². The maximum absolute atomic E-state index is 14.3. The summed E-state index contributed by atoms with van der Waals surface area (Å²) in [7, 11) is 0. The normalized spacial score (nSPS) is 14.4. The number of urea groups is 1. The molecule has 0 aromatic heterocycles. The fourth-order valence-electron chi connectivity index (χ4n) is 5.20. The third-order valence-corrected chi connectivity index (χ3v) is 7.16. The maximum Gasteiger partial charge on any atom is 0.335 e. The molecular weight excluding hydrogens is 573 g/mol. The molecule has 1 aliphatic heterocycles. The van der Waals surface area contributed by atoms with E-state index in [-0.39, 0.29) is 17.3 Å². The number of carboxylic acids is 1. The molecular formula is C34H31N5O6. The lowest BCUT2D eigenvalue weighted by Gasteiger charge is -2.31. The highest BCUT2D eigenvalue weighted by Gasteiger charge is 2.43. The highest BCUT2D eigenvalue weighted by molar-refractivity contribution is 6.25. The van der Waals surface area contributed by atoms with E-state index in [1.54, 1.807) is 71.6 Å². The van der Waals surface area contributed by atoms with Gasteiger partial charge in [0.15, 0.2) is 6.04 Å². The molecule has 228 valence electrons. The summed E-state index contributed by atoms with van der Waals surface area (Å²) < 4.78 is 0.